The molecule has 4 rings (SSSR count). The van der Waals surface area contributed by atoms with E-state index >= 15 is 0 Å². The molecule has 1 aliphatic rings. The molecule has 0 radical (unpaired) electrons. The molecular weight excluding hydrogens is 454 g/mol. The molecule has 8 nitrogen and oxygen atoms in total. The van der Waals surface area contributed by atoms with Gasteiger partial charge >= 0.3 is 5.97 Å². The number of sulfonamides is 1. The van der Waals surface area contributed by atoms with Crippen molar-refractivity contribution in [2.45, 2.75) is 37.0 Å². The van der Waals surface area contributed by atoms with Gasteiger partial charge in [0.15, 0.2) is 6.61 Å². The van der Waals surface area contributed by atoms with Gasteiger partial charge < -0.3 is 10.1 Å². The van der Waals surface area contributed by atoms with Gasteiger partial charge in [0.1, 0.15) is 0 Å². The number of ether oxygens (including phenoxy) is 1. The SMILES string of the molecule is CN(C)S(=O)(=O)c1ccc(NC(=O)COC(=O)c2c3c(nc4ccccc24)CCCCC3)cc1. The van der Waals surface area contributed by atoms with Gasteiger partial charge in [-0.25, -0.2) is 17.5 Å². The number of rotatable bonds is 6. The molecule has 3 aromatic rings. The van der Waals surface area contributed by atoms with Crippen LogP contribution in [0.1, 0.15) is 40.9 Å². The number of aromatic nitrogens is 1. The van der Waals surface area contributed by atoms with E-state index in [2.05, 4.69) is 5.32 Å². The number of carbonyl (C=O) groups is 2. The molecule has 0 saturated heterocycles. The molecule has 1 N–H and O–H groups in total. The number of anilines is 1. The lowest BCUT2D eigenvalue weighted by atomic mass is 9.97. The van der Waals surface area contributed by atoms with Crippen LogP contribution in [0.5, 0.6) is 0 Å². The number of esters is 1. The molecule has 0 bridgehead atoms. The van der Waals surface area contributed by atoms with Crippen molar-refractivity contribution in [3.05, 3.63) is 65.4 Å². The van der Waals surface area contributed by atoms with Crippen LogP contribution in [0.2, 0.25) is 0 Å². The largest absolute Gasteiger partial charge is 0.452 e. The molecule has 0 saturated carbocycles. The lowest BCUT2D eigenvalue weighted by molar-refractivity contribution is -0.119. The van der Waals surface area contributed by atoms with E-state index in [1.165, 1.54) is 38.4 Å². The van der Waals surface area contributed by atoms with Gasteiger partial charge in [0.05, 0.1) is 16.0 Å². The van der Waals surface area contributed by atoms with Crippen molar-refractivity contribution in [2.24, 2.45) is 0 Å². The van der Waals surface area contributed by atoms with Gasteiger partial charge in [-0.3, -0.25) is 9.78 Å². The van der Waals surface area contributed by atoms with E-state index in [0.29, 0.717) is 11.3 Å². The molecule has 9 heteroatoms. The number of carbonyl (C=O) groups excluding carboxylic acids is 2. The number of fused-ring (bicyclic) bond motifs is 2. The van der Waals surface area contributed by atoms with Gasteiger partial charge in [-0.15, -0.1) is 0 Å². The van der Waals surface area contributed by atoms with Crippen LogP contribution in [0.4, 0.5) is 5.69 Å². The Morgan fingerprint density at radius 3 is 2.44 bits per heavy atom. The minimum atomic E-state index is -3.56. The Labute approximate surface area is 199 Å². The molecule has 1 amide bonds. The molecule has 0 atom stereocenters. The fraction of sp³-hybridized carbons (Fsp3) is 0.320. The van der Waals surface area contributed by atoms with Crippen LogP contribution in [0.25, 0.3) is 10.9 Å². The highest BCUT2D eigenvalue weighted by molar-refractivity contribution is 7.89. The van der Waals surface area contributed by atoms with Gasteiger partial charge in [-0.05, 0) is 61.6 Å². The van der Waals surface area contributed by atoms with Gasteiger partial charge in [0.2, 0.25) is 10.0 Å². The molecule has 1 aliphatic carbocycles. The maximum absolute atomic E-state index is 13.1. The molecule has 0 fully saturated rings. The van der Waals surface area contributed by atoms with Gasteiger partial charge in [0.25, 0.3) is 5.91 Å². The molecule has 0 aliphatic heterocycles. The van der Waals surface area contributed by atoms with Gasteiger partial charge in [0, 0.05) is 30.9 Å². The Morgan fingerprint density at radius 2 is 1.71 bits per heavy atom. The molecule has 0 unspecified atom stereocenters. The van der Waals surface area contributed by atoms with Crippen LogP contribution in [-0.2, 0) is 32.4 Å². The first-order valence-electron chi connectivity index (χ1n) is 11.2. The Morgan fingerprint density at radius 1 is 1.00 bits per heavy atom. The quantitative estimate of drug-likeness (QED) is 0.426. The number of para-hydroxylation sites is 1. The number of nitrogens with zero attached hydrogens (tertiary/aromatic N) is 2. The summed E-state index contributed by atoms with van der Waals surface area (Å²) in [5.74, 6) is -1.06. The van der Waals surface area contributed by atoms with Crippen molar-refractivity contribution in [1.82, 2.24) is 9.29 Å². The molecule has 178 valence electrons. The van der Waals surface area contributed by atoms with E-state index in [1.807, 2.05) is 24.3 Å². The first-order chi connectivity index (χ1) is 16.3. The second-order valence-corrected chi connectivity index (χ2v) is 10.6. The molecule has 34 heavy (non-hydrogen) atoms. The predicted molar refractivity (Wildman–Crippen MR) is 129 cm³/mol. The zero-order chi connectivity index (χ0) is 24.3. The van der Waals surface area contributed by atoms with Crippen molar-refractivity contribution in [2.75, 3.05) is 26.0 Å². The number of hydrogen-bond acceptors (Lipinski definition) is 6. The monoisotopic (exact) mass is 481 g/mol. The highest BCUT2D eigenvalue weighted by Gasteiger charge is 2.23. The fourth-order valence-electron chi connectivity index (χ4n) is 4.10. The minimum Gasteiger partial charge on any atom is -0.452 e. The number of nitrogens with one attached hydrogen (secondary N) is 1. The topological polar surface area (TPSA) is 106 Å². The van der Waals surface area contributed by atoms with Crippen LogP contribution in [0.3, 0.4) is 0 Å². The standard InChI is InChI=1S/C25H27N3O5S/c1-28(2)34(31,32)18-14-12-17(13-15-18)26-23(29)16-33-25(30)24-19-8-4-3-5-10-21(19)27-22-11-7-6-9-20(22)24/h6-7,9,11-15H,3-5,8,10,16H2,1-2H3,(H,26,29). The summed E-state index contributed by atoms with van der Waals surface area (Å²) in [5.41, 5.74) is 3.49. The van der Waals surface area contributed by atoms with E-state index in [4.69, 9.17) is 9.72 Å². The Kier molecular flexibility index (Phi) is 6.95. The number of aryl methyl sites for hydroxylation is 1. The number of amides is 1. The summed E-state index contributed by atoms with van der Waals surface area (Å²) in [6.07, 6.45) is 4.67. The zero-order valence-electron chi connectivity index (χ0n) is 19.2. The van der Waals surface area contributed by atoms with E-state index < -0.39 is 28.5 Å². The maximum atomic E-state index is 13.1. The Balaban J connectivity index is 1.48. The van der Waals surface area contributed by atoms with Crippen molar-refractivity contribution in [3.63, 3.8) is 0 Å². The Hall–Kier alpha value is -3.30. The number of hydrogen-bond donors (Lipinski definition) is 1. The average molecular weight is 482 g/mol. The molecule has 0 spiro atoms. The number of benzene rings is 2. The maximum Gasteiger partial charge on any atom is 0.339 e. The fourth-order valence-corrected chi connectivity index (χ4v) is 5.01. The Bertz CT molecular complexity index is 1330. The van der Waals surface area contributed by atoms with Gasteiger partial charge in [-0.2, -0.15) is 0 Å². The summed E-state index contributed by atoms with van der Waals surface area (Å²) in [6.45, 7) is -0.456. The van der Waals surface area contributed by atoms with Crippen molar-refractivity contribution < 1.29 is 22.7 Å². The minimum absolute atomic E-state index is 0.118. The average Bonchev–Trinajstić information content (AvgIpc) is 3.06. The van der Waals surface area contributed by atoms with Crippen molar-refractivity contribution in [3.8, 4) is 0 Å². The molecule has 1 aromatic heterocycles. The number of pyridine rings is 1. The highest BCUT2D eigenvalue weighted by Crippen LogP contribution is 2.29. The van der Waals surface area contributed by atoms with Crippen LogP contribution < -0.4 is 5.32 Å². The van der Waals surface area contributed by atoms with Crippen molar-refractivity contribution in [1.29, 1.82) is 0 Å². The predicted octanol–water partition coefficient (Wildman–Crippen LogP) is 3.55. The third-order valence-corrected chi connectivity index (χ3v) is 7.70. The highest BCUT2D eigenvalue weighted by atomic mass is 32.2. The molecule has 1 heterocycles. The first-order valence-corrected chi connectivity index (χ1v) is 12.6. The summed E-state index contributed by atoms with van der Waals surface area (Å²) in [4.78, 5) is 30.4. The van der Waals surface area contributed by atoms with Crippen molar-refractivity contribution >= 4 is 38.5 Å². The first kappa shape index (κ1) is 23.8. The summed E-state index contributed by atoms with van der Waals surface area (Å²) < 4.78 is 30.9. The lowest BCUT2D eigenvalue weighted by Gasteiger charge is -2.15. The molecule has 2 aromatic carbocycles. The summed E-state index contributed by atoms with van der Waals surface area (Å²) in [7, 11) is -0.659. The smallest absolute Gasteiger partial charge is 0.339 e. The van der Waals surface area contributed by atoms with Crippen LogP contribution in [0, 0.1) is 0 Å². The summed E-state index contributed by atoms with van der Waals surface area (Å²) in [6, 6.07) is 13.3. The van der Waals surface area contributed by atoms with Crippen LogP contribution >= 0.6 is 0 Å². The zero-order valence-corrected chi connectivity index (χ0v) is 20.0. The normalized spacial score (nSPS) is 13.9. The molecular formula is C25H27N3O5S. The van der Waals surface area contributed by atoms with E-state index in [1.54, 1.807) is 0 Å². The third kappa shape index (κ3) is 4.95. The van der Waals surface area contributed by atoms with Crippen LogP contribution in [0.15, 0.2) is 53.4 Å². The van der Waals surface area contributed by atoms with Crippen LogP contribution in [-0.4, -0.2) is 50.3 Å². The summed E-state index contributed by atoms with van der Waals surface area (Å²) >= 11 is 0. The van der Waals surface area contributed by atoms with E-state index in [0.717, 1.165) is 58.6 Å². The lowest BCUT2D eigenvalue weighted by Crippen LogP contribution is -2.23. The van der Waals surface area contributed by atoms with E-state index in [9.17, 15) is 18.0 Å². The second-order valence-electron chi connectivity index (χ2n) is 8.43. The van der Waals surface area contributed by atoms with Gasteiger partial charge in [-0.1, -0.05) is 24.6 Å². The summed E-state index contributed by atoms with van der Waals surface area (Å²) in [5, 5.41) is 3.36. The van der Waals surface area contributed by atoms with E-state index in [-0.39, 0.29) is 4.90 Å². The second kappa shape index (κ2) is 9.90. The third-order valence-electron chi connectivity index (χ3n) is 5.87.